The Morgan fingerprint density at radius 3 is 2.76 bits per heavy atom. The van der Waals surface area contributed by atoms with Gasteiger partial charge in [-0.15, -0.1) is 0 Å². The van der Waals surface area contributed by atoms with Crippen molar-refractivity contribution in [1.82, 2.24) is 0 Å². The van der Waals surface area contributed by atoms with Crippen molar-refractivity contribution < 1.29 is 33.3 Å². The van der Waals surface area contributed by atoms with Crippen LogP contribution in [0.2, 0.25) is 0 Å². The van der Waals surface area contributed by atoms with E-state index in [9.17, 15) is 19.4 Å². The fraction of sp³-hybridized carbons (Fsp3) is 0.444. The lowest BCUT2D eigenvalue weighted by atomic mass is 9.87. The van der Waals surface area contributed by atoms with E-state index in [4.69, 9.17) is 9.47 Å². The van der Waals surface area contributed by atoms with Crippen LogP contribution in [0, 0.1) is 23.5 Å². The Bertz CT molecular complexity index is 1070. The second kappa shape index (κ2) is 10.2. The molecule has 1 aliphatic carbocycles. The summed E-state index contributed by atoms with van der Waals surface area (Å²) in [4.78, 5) is 12.1. The van der Waals surface area contributed by atoms with Crippen molar-refractivity contribution in [3.05, 3.63) is 76.9 Å². The zero-order valence-corrected chi connectivity index (χ0v) is 19.3. The molecule has 0 radical (unpaired) electrons. The largest absolute Gasteiger partial charge is 0.487 e. The third-order valence-corrected chi connectivity index (χ3v) is 7.02. The Kier molecular flexibility index (Phi) is 7.33. The molecule has 1 aliphatic heterocycles. The highest BCUT2D eigenvalue weighted by Gasteiger charge is 2.44. The van der Waals surface area contributed by atoms with Gasteiger partial charge in [0.15, 0.2) is 11.6 Å². The lowest BCUT2D eigenvalue weighted by Gasteiger charge is -2.22. The van der Waals surface area contributed by atoms with Crippen LogP contribution in [0.25, 0.3) is 0 Å². The van der Waals surface area contributed by atoms with E-state index in [0.29, 0.717) is 30.4 Å². The molecule has 0 spiro atoms. The van der Waals surface area contributed by atoms with Gasteiger partial charge in [0.1, 0.15) is 11.9 Å². The molecule has 1 fully saturated rings. The number of hydrogen-bond acceptors (Lipinski definition) is 5. The van der Waals surface area contributed by atoms with Gasteiger partial charge in [-0.1, -0.05) is 43.3 Å². The van der Waals surface area contributed by atoms with Crippen LogP contribution in [-0.4, -0.2) is 41.1 Å². The van der Waals surface area contributed by atoms with Gasteiger partial charge in [-0.25, -0.2) is 13.6 Å². The minimum Gasteiger partial charge on any atom is -0.487 e. The van der Waals surface area contributed by atoms with Crippen LogP contribution in [0.4, 0.5) is 8.78 Å². The van der Waals surface area contributed by atoms with E-state index in [1.165, 1.54) is 12.1 Å². The van der Waals surface area contributed by atoms with Gasteiger partial charge in [0, 0.05) is 24.2 Å². The second-order valence-electron chi connectivity index (χ2n) is 9.06. The Balaban J connectivity index is 1.51. The minimum atomic E-state index is -0.934. The Hall–Kier alpha value is -2.77. The maximum absolute atomic E-state index is 15.1. The van der Waals surface area contributed by atoms with Crippen LogP contribution in [0.15, 0.2) is 48.6 Å². The Morgan fingerprint density at radius 1 is 1.26 bits per heavy atom. The van der Waals surface area contributed by atoms with E-state index in [-0.39, 0.29) is 35.6 Å². The molecule has 34 heavy (non-hydrogen) atoms. The smallest absolute Gasteiger partial charge is 0.341 e. The van der Waals surface area contributed by atoms with Crippen LogP contribution in [0.1, 0.15) is 54.1 Å². The fourth-order valence-electron chi connectivity index (χ4n) is 5.09. The SMILES string of the molecule is CCOC(=O)c1ccc2c(c1F)O[C@H]1C[C@@H](O)[C@H](/C=C/[C@@H](O)[C@@H](C)c3ccccc3F)[C@H]1CC2. The summed E-state index contributed by atoms with van der Waals surface area (Å²) >= 11 is 0. The predicted octanol–water partition coefficient (Wildman–Crippen LogP) is 4.55. The van der Waals surface area contributed by atoms with Gasteiger partial charge in [0.25, 0.3) is 0 Å². The van der Waals surface area contributed by atoms with Crippen molar-refractivity contribution >= 4 is 5.97 Å². The van der Waals surface area contributed by atoms with E-state index < -0.39 is 36.0 Å². The molecule has 0 unspecified atom stereocenters. The zero-order chi connectivity index (χ0) is 24.4. The summed E-state index contributed by atoms with van der Waals surface area (Å²) in [7, 11) is 0. The van der Waals surface area contributed by atoms with Gasteiger partial charge in [0.05, 0.1) is 24.4 Å². The summed E-state index contributed by atoms with van der Waals surface area (Å²) in [6.07, 6.45) is 2.78. The molecule has 0 saturated heterocycles. The van der Waals surface area contributed by atoms with Crippen molar-refractivity contribution in [2.24, 2.45) is 11.8 Å². The van der Waals surface area contributed by atoms with Gasteiger partial charge >= 0.3 is 5.97 Å². The third kappa shape index (κ3) is 4.72. The highest BCUT2D eigenvalue weighted by atomic mass is 19.1. The molecule has 6 atom stereocenters. The first-order valence-corrected chi connectivity index (χ1v) is 11.8. The number of carbonyl (C=O) groups excluding carboxylic acids is 1. The van der Waals surface area contributed by atoms with Crippen molar-refractivity contribution in [2.45, 2.75) is 57.3 Å². The number of aryl methyl sites for hydroxylation is 1. The average Bonchev–Trinajstić information content (AvgIpc) is 2.98. The molecule has 1 saturated carbocycles. The summed E-state index contributed by atoms with van der Waals surface area (Å²) in [6.45, 7) is 3.54. The molecule has 7 heteroatoms. The average molecular weight is 473 g/mol. The molecule has 0 bridgehead atoms. The lowest BCUT2D eigenvalue weighted by Crippen LogP contribution is -2.24. The molecule has 1 heterocycles. The van der Waals surface area contributed by atoms with E-state index in [1.54, 1.807) is 50.3 Å². The monoisotopic (exact) mass is 472 g/mol. The van der Waals surface area contributed by atoms with E-state index in [0.717, 1.165) is 0 Å². The Morgan fingerprint density at radius 2 is 2.03 bits per heavy atom. The van der Waals surface area contributed by atoms with Crippen molar-refractivity contribution in [1.29, 1.82) is 0 Å². The molecular weight excluding hydrogens is 442 g/mol. The van der Waals surface area contributed by atoms with Crippen LogP contribution in [-0.2, 0) is 11.2 Å². The quantitative estimate of drug-likeness (QED) is 0.477. The second-order valence-corrected chi connectivity index (χ2v) is 9.06. The highest BCUT2D eigenvalue weighted by Crippen LogP contribution is 2.44. The molecule has 0 amide bonds. The standard InChI is InChI=1S/C27H30F2O5/c1-3-33-27(32)20-11-9-16-8-10-19-18(23(31)14-24(19)34-26(16)25(20)29)12-13-22(30)15(2)17-6-4-5-7-21(17)28/h4-7,9,11-13,15,18-19,22-24,30-31H,3,8,10,14H2,1-2H3/b13-12+/t15-,18+,19+,22+,23+,24-/m0/s1. The van der Waals surface area contributed by atoms with Crippen molar-refractivity contribution in [3.8, 4) is 5.75 Å². The number of halogens is 2. The summed E-state index contributed by atoms with van der Waals surface area (Å²) in [6, 6.07) is 9.44. The summed E-state index contributed by atoms with van der Waals surface area (Å²) in [5, 5.41) is 21.4. The summed E-state index contributed by atoms with van der Waals surface area (Å²) in [5.41, 5.74) is 0.926. The predicted molar refractivity (Wildman–Crippen MR) is 123 cm³/mol. The van der Waals surface area contributed by atoms with E-state index in [1.807, 2.05) is 0 Å². The number of aliphatic hydroxyl groups excluding tert-OH is 2. The number of carbonyl (C=O) groups is 1. The molecule has 4 rings (SSSR count). The normalized spacial score (nSPS) is 25.7. The van der Waals surface area contributed by atoms with Crippen LogP contribution >= 0.6 is 0 Å². The molecule has 5 nitrogen and oxygen atoms in total. The molecule has 2 N–H and O–H groups in total. The van der Waals surface area contributed by atoms with Gasteiger partial charge < -0.3 is 19.7 Å². The molecule has 2 aliphatic rings. The number of esters is 1. The third-order valence-electron chi connectivity index (χ3n) is 7.02. The number of aliphatic hydroxyl groups is 2. The number of hydrogen-bond donors (Lipinski definition) is 2. The number of ether oxygens (including phenoxy) is 2. The van der Waals surface area contributed by atoms with Crippen LogP contribution in [0.3, 0.4) is 0 Å². The minimum absolute atomic E-state index is 0.0445. The molecule has 182 valence electrons. The van der Waals surface area contributed by atoms with E-state index >= 15 is 4.39 Å². The van der Waals surface area contributed by atoms with Gasteiger partial charge in [-0.3, -0.25) is 0 Å². The molecule has 0 aromatic heterocycles. The Labute approximate surface area is 198 Å². The molecule has 2 aromatic carbocycles. The molecular formula is C27H30F2O5. The summed E-state index contributed by atoms with van der Waals surface area (Å²) < 4.78 is 40.2. The van der Waals surface area contributed by atoms with Gasteiger partial charge in [0.2, 0.25) is 0 Å². The maximum atomic E-state index is 15.1. The van der Waals surface area contributed by atoms with Crippen LogP contribution < -0.4 is 4.74 Å². The van der Waals surface area contributed by atoms with Gasteiger partial charge in [-0.05, 0) is 43.0 Å². The topological polar surface area (TPSA) is 76.0 Å². The van der Waals surface area contributed by atoms with Gasteiger partial charge in [-0.2, -0.15) is 0 Å². The number of benzene rings is 2. The number of fused-ring (bicyclic) bond motifs is 2. The zero-order valence-electron chi connectivity index (χ0n) is 19.3. The molecule has 2 aromatic rings. The van der Waals surface area contributed by atoms with Crippen LogP contribution in [0.5, 0.6) is 5.75 Å². The first-order valence-electron chi connectivity index (χ1n) is 11.8. The van der Waals surface area contributed by atoms with E-state index in [2.05, 4.69) is 0 Å². The fourth-order valence-corrected chi connectivity index (χ4v) is 5.09. The first-order chi connectivity index (χ1) is 16.3. The first kappa shape index (κ1) is 24.4. The number of rotatable bonds is 6. The summed E-state index contributed by atoms with van der Waals surface area (Å²) in [5.74, 6) is -2.66. The highest BCUT2D eigenvalue weighted by molar-refractivity contribution is 5.90. The maximum Gasteiger partial charge on any atom is 0.341 e. The van der Waals surface area contributed by atoms with Crippen molar-refractivity contribution in [2.75, 3.05) is 6.61 Å². The lowest BCUT2D eigenvalue weighted by molar-refractivity contribution is 0.0518. The van der Waals surface area contributed by atoms with Crippen molar-refractivity contribution in [3.63, 3.8) is 0 Å².